The monoisotopic (exact) mass is 321 g/mol. The lowest BCUT2D eigenvalue weighted by Crippen LogP contribution is -2.25. The van der Waals surface area contributed by atoms with Gasteiger partial charge in [0.2, 0.25) is 0 Å². The van der Waals surface area contributed by atoms with Crippen molar-refractivity contribution in [2.24, 2.45) is 9.98 Å². The average molecular weight is 322 g/mol. The number of nitrogens with zero attached hydrogens (tertiary/aromatic N) is 3. The molecule has 0 fully saturated rings. The zero-order valence-corrected chi connectivity index (χ0v) is 14.8. The molecule has 0 N–H and O–H groups in total. The van der Waals surface area contributed by atoms with E-state index in [1.807, 2.05) is 12.3 Å². The Bertz CT molecular complexity index is 487. The van der Waals surface area contributed by atoms with Gasteiger partial charge in [0.05, 0.1) is 6.04 Å². The van der Waals surface area contributed by atoms with Crippen molar-refractivity contribution in [3.63, 3.8) is 0 Å². The number of allylic oxidation sites excluding steroid dienone is 2. The third kappa shape index (κ3) is 4.79. The van der Waals surface area contributed by atoms with Gasteiger partial charge in [-0.25, -0.2) is 0 Å². The predicted octanol–water partition coefficient (Wildman–Crippen LogP) is 4.23. The lowest BCUT2D eigenvalue weighted by atomic mass is 9.92. The topological polar surface area (TPSA) is 28.0 Å². The molecule has 1 aliphatic heterocycles. The molecule has 122 valence electrons. The van der Waals surface area contributed by atoms with Crippen molar-refractivity contribution in [1.82, 2.24) is 4.90 Å². The molecule has 0 saturated carbocycles. The highest BCUT2D eigenvalue weighted by atomic mass is 35.5. The van der Waals surface area contributed by atoms with Crippen LogP contribution >= 0.6 is 11.6 Å². The second-order valence-electron chi connectivity index (χ2n) is 6.05. The summed E-state index contributed by atoms with van der Waals surface area (Å²) in [6, 6.07) is 0.469. The number of rotatable bonds is 7. The van der Waals surface area contributed by atoms with Crippen molar-refractivity contribution in [2.45, 2.75) is 58.5 Å². The summed E-state index contributed by atoms with van der Waals surface area (Å²) in [4.78, 5) is 12.0. The van der Waals surface area contributed by atoms with Crippen LogP contribution in [0.15, 0.2) is 32.7 Å². The average Bonchev–Trinajstić information content (AvgIpc) is 2.51. The molecule has 1 aliphatic carbocycles. The third-order valence-electron chi connectivity index (χ3n) is 4.43. The second-order valence-corrected chi connectivity index (χ2v) is 6.54. The van der Waals surface area contributed by atoms with Crippen molar-refractivity contribution in [3.05, 3.63) is 22.8 Å². The third-order valence-corrected chi connectivity index (χ3v) is 4.71. The summed E-state index contributed by atoms with van der Waals surface area (Å²) in [7, 11) is 0. The van der Waals surface area contributed by atoms with E-state index in [1.165, 1.54) is 24.3 Å². The van der Waals surface area contributed by atoms with Crippen molar-refractivity contribution in [1.29, 1.82) is 0 Å². The first-order valence-electron chi connectivity index (χ1n) is 8.51. The van der Waals surface area contributed by atoms with Crippen molar-refractivity contribution >= 4 is 23.5 Å². The van der Waals surface area contributed by atoms with Crippen LogP contribution in [-0.4, -0.2) is 48.5 Å². The predicted molar refractivity (Wildman–Crippen MR) is 97.5 cm³/mol. The van der Waals surface area contributed by atoms with Crippen LogP contribution in [0.25, 0.3) is 0 Å². The summed E-state index contributed by atoms with van der Waals surface area (Å²) in [6.45, 7) is 10.1. The standard InChI is InChI=1S/C18H28ClN3/c1-4-22(5-2)12-6-7-14(3)21-17-10-11-20-18-13-15(19)8-9-16(17)18/h9,11,13-14,18H,4-8,10,12H2,1-3H3. The fourth-order valence-corrected chi connectivity index (χ4v) is 3.24. The van der Waals surface area contributed by atoms with Crippen molar-refractivity contribution in [3.8, 4) is 0 Å². The number of hydrogen-bond acceptors (Lipinski definition) is 3. The normalized spacial score (nSPS) is 24.2. The van der Waals surface area contributed by atoms with Crippen LogP contribution in [0.3, 0.4) is 0 Å². The van der Waals surface area contributed by atoms with Gasteiger partial charge in [-0.2, -0.15) is 0 Å². The summed E-state index contributed by atoms with van der Waals surface area (Å²) < 4.78 is 0. The maximum absolute atomic E-state index is 6.11. The lowest BCUT2D eigenvalue weighted by Gasteiger charge is -2.24. The molecule has 22 heavy (non-hydrogen) atoms. The minimum absolute atomic E-state index is 0.0941. The van der Waals surface area contributed by atoms with Gasteiger partial charge in [0.15, 0.2) is 0 Å². The highest BCUT2D eigenvalue weighted by Crippen LogP contribution is 2.27. The number of aliphatic imine (C=N–C) groups is 2. The molecule has 2 rings (SSSR count). The molecule has 4 heteroatoms. The van der Waals surface area contributed by atoms with E-state index in [0.29, 0.717) is 6.04 Å². The van der Waals surface area contributed by atoms with E-state index in [1.54, 1.807) is 0 Å². The van der Waals surface area contributed by atoms with Gasteiger partial charge in [-0.3, -0.25) is 9.98 Å². The first kappa shape index (κ1) is 17.4. The van der Waals surface area contributed by atoms with Gasteiger partial charge in [0, 0.05) is 35.8 Å². The van der Waals surface area contributed by atoms with Gasteiger partial charge in [0.25, 0.3) is 0 Å². The first-order valence-corrected chi connectivity index (χ1v) is 8.89. The zero-order valence-electron chi connectivity index (χ0n) is 14.1. The van der Waals surface area contributed by atoms with Crippen LogP contribution in [0, 0.1) is 0 Å². The first-order chi connectivity index (χ1) is 10.6. The summed E-state index contributed by atoms with van der Waals surface area (Å²) in [6.07, 6.45) is 10.3. The molecule has 0 amide bonds. The molecular weight excluding hydrogens is 294 g/mol. The van der Waals surface area contributed by atoms with Crippen LogP contribution in [0.4, 0.5) is 0 Å². The van der Waals surface area contributed by atoms with E-state index in [2.05, 4.69) is 36.7 Å². The van der Waals surface area contributed by atoms with E-state index in [0.717, 1.165) is 37.4 Å². The number of halogens is 1. The van der Waals surface area contributed by atoms with Gasteiger partial charge in [0.1, 0.15) is 0 Å². The minimum Gasteiger partial charge on any atom is -0.304 e. The van der Waals surface area contributed by atoms with Crippen LogP contribution in [0.1, 0.15) is 46.5 Å². The molecule has 0 bridgehead atoms. The number of fused-ring (bicyclic) bond motifs is 1. The highest BCUT2D eigenvalue weighted by molar-refractivity contribution is 6.30. The fourth-order valence-electron chi connectivity index (χ4n) is 3.05. The Morgan fingerprint density at radius 3 is 2.86 bits per heavy atom. The van der Waals surface area contributed by atoms with E-state index in [4.69, 9.17) is 16.6 Å². The Balaban J connectivity index is 1.90. The van der Waals surface area contributed by atoms with Crippen LogP contribution < -0.4 is 0 Å². The van der Waals surface area contributed by atoms with Gasteiger partial charge >= 0.3 is 0 Å². The maximum Gasteiger partial charge on any atom is 0.0955 e. The molecular formula is C18H28ClN3. The molecule has 0 radical (unpaired) electrons. The van der Waals surface area contributed by atoms with E-state index >= 15 is 0 Å². The Hall–Kier alpha value is -0.930. The van der Waals surface area contributed by atoms with Gasteiger partial charge in [-0.15, -0.1) is 0 Å². The lowest BCUT2D eigenvalue weighted by molar-refractivity contribution is 0.294. The quantitative estimate of drug-likeness (QED) is 0.689. The Labute approximate surface area is 139 Å². The Morgan fingerprint density at radius 1 is 1.36 bits per heavy atom. The molecule has 0 aromatic rings. The Kier molecular flexibility index (Phi) is 6.84. The molecule has 2 unspecified atom stereocenters. The maximum atomic E-state index is 6.11. The van der Waals surface area contributed by atoms with Gasteiger partial charge in [-0.05, 0) is 51.0 Å². The molecule has 2 aliphatic rings. The Morgan fingerprint density at radius 2 is 2.14 bits per heavy atom. The summed E-state index contributed by atoms with van der Waals surface area (Å²) in [5.41, 5.74) is 2.47. The smallest absolute Gasteiger partial charge is 0.0955 e. The summed E-state index contributed by atoms with van der Waals surface area (Å²) in [5.74, 6) is 0. The molecule has 0 spiro atoms. The van der Waals surface area contributed by atoms with Crippen LogP contribution in [0.5, 0.6) is 0 Å². The fraction of sp³-hybridized carbons (Fsp3) is 0.667. The molecule has 1 heterocycles. The van der Waals surface area contributed by atoms with Crippen LogP contribution in [0.2, 0.25) is 0 Å². The zero-order chi connectivity index (χ0) is 15.9. The van der Waals surface area contributed by atoms with E-state index in [9.17, 15) is 0 Å². The molecule has 0 aromatic heterocycles. The largest absolute Gasteiger partial charge is 0.304 e. The molecule has 0 saturated heterocycles. The van der Waals surface area contributed by atoms with E-state index < -0.39 is 0 Å². The minimum atomic E-state index is 0.0941. The second kappa shape index (κ2) is 8.64. The highest BCUT2D eigenvalue weighted by Gasteiger charge is 2.23. The SMILES string of the molecule is CCN(CC)CCCC(C)N=C1CC=NC2C=C(Cl)CC=C12. The van der Waals surface area contributed by atoms with Crippen LogP contribution in [-0.2, 0) is 0 Å². The van der Waals surface area contributed by atoms with Crippen molar-refractivity contribution < 1.29 is 0 Å². The van der Waals surface area contributed by atoms with Gasteiger partial charge < -0.3 is 4.90 Å². The molecule has 3 nitrogen and oxygen atoms in total. The number of hydrogen-bond donors (Lipinski definition) is 0. The van der Waals surface area contributed by atoms with Crippen molar-refractivity contribution in [2.75, 3.05) is 19.6 Å². The molecule has 2 atom stereocenters. The van der Waals surface area contributed by atoms with E-state index in [-0.39, 0.29) is 6.04 Å². The summed E-state index contributed by atoms with van der Waals surface area (Å²) in [5, 5.41) is 0.888. The van der Waals surface area contributed by atoms with Gasteiger partial charge in [-0.1, -0.05) is 31.5 Å². The molecule has 0 aromatic carbocycles. The summed E-state index contributed by atoms with van der Waals surface area (Å²) >= 11 is 6.11.